The molecular formula is C14H18O4. The van der Waals surface area contributed by atoms with Crippen molar-refractivity contribution in [2.75, 3.05) is 19.8 Å². The molecule has 1 saturated heterocycles. The number of rotatable bonds is 5. The van der Waals surface area contributed by atoms with E-state index in [1.165, 1.54) is 0 Å². The first-order valence-electron chi connectivity index (χ1n) is 6.29. The fourth-order valence-electron chi connectivity index (χ4n) is 2.07. The van der Waals surface area contributed by atoms with Crippen LogP contribution in [0.4, 0.5) is 0 Å². The van der Waals surface area contributed by atoms with Crippen LogP contribution in [0.3, 0.4) is 0 Å². The summed E-state index contributed by atoms with van der Waals surface area (Å²) in [5.41, 5.74) is 0.284. The first-order chi connectivity index (χ1) is 8.75. The minimum absolute atomic E-state index is 0.284. The number of benzene rings is 1. The monoisotopic (exact) mass is 250 g/mol. The normalized spacial score (nSPS) is 16.4. The van der Waals surface area contributed by atoms with Gasteiger partial charge in [-0.05, 0) is 49.4 Å². The Kier molecular flexibility index (Phi) is 4.59. The highest BCUT2D eigenvalue weighted by Crippen LogP contribution is 2.19. The van der Waals surface area contributed by atoms with Crippen LogP contribution in [-0.2, 0) is 4.74 Å². The van der Waals surface area contributed by atoms with E-state index in [1.807, 2.05) is 0 Å². The third kappa shape index (κ3) is 3.74. The van der Waals surface area contributed by atoms with Crippen LogP contribution in [0.1, 0.15) is 29.6 Å². The Labute approximate surface area is 107 Å². The molecule has 1 aromatic rings. The topological polar surface area (TPSA) is 55.8 Å². The van der Waals surface area contributed by atoms with Gasteiger partial charge in [-0.1, -0.05) is 0 Å². The Morgan fingerprint density at radius 2 is 1.94 bits per heavy atom. The van der Waals surface area contributed by atoms with E-state index in [9.17, 15) is 4.79 Å². The minimum Gasteiger partial charge on any atom is -0.494 e. The van der Waals surface area contributed by atoms with Crippen LogP contribution >= 0.6 is 0 Å². The van der Waals surface area contributed by atoms with Gasteiger partial charge in [-0.3, -0.25) is 0 Å². The second-order valence-corrected chi connectivity index (χ2v) is 4.52. The lowest BCUT2D eigenvalue weighted by Crippen LogP contribution is -2.17. The summed E-state index contributed by atoms with van der Waals surface area (Å²) in [6.07, 6.45) is 3.26. The van der Waals surface area contributed by atoms with Gasteiger partial charge in [0.15, 0.2) is 0 Å². The largest absolute Gasteiger partial charge is 0.494 e. The number of carboxylic acid groups (broad SMARTS) is 1. The van der Waals surface area contributed by atoms with Crippen molar-refractivity contribution in [2.24, 2.45) is 5.92 Å². The smallest absolute Gasteiger partial charge is 0.335 e. The van der Waals surface area contributed by atoms with E-state index >= 15 is 0 Å². The van der Waals surface area contributed by atoms with Gasteiger partial charge in [0.25, 0.3) is 0 Å². The van der Waals surface area contributed by atoms with E-state index in [0.29, 0.717) is 12.5 Å². The molecule has 0 amide bonds. The summed E-state index contributed by atoms with van der Waals surface area (Å²) in [5.74, 6) is 0.507. The van der Waals surface area contributed by atoms with E-state index in [2.05, 4.69) is 0 Å². The van der Waals surface area contributed by atoms with E-state index in [-0.39, 0.29) is 5.56 Å². The highest BCUT2D eigenvalue weighted by atomic mass is 16.5. The number of hydrogen-bond acceptors (Lipinski definition) is 3. The summed E-state index contributed by atoms with van der Waals surface area (Å²) in [7, 11) is 0. The lowest BCUT2D eigenvalue weighted by molar-refractivity contribution is 0.0593. The molecule has 0 bridgehead atoms. The molecule has 98 valence electrons. The summed E-state index contributed by atoms with van der Waals surface area (Å²) >= 11 is 0. The van der Waals surface area contributed by atoms with Gasteiger partial charge in [-0.2, -0.15) is 0 Å². The second kappa shape index (κ2) is 6.40. The molecule has 1 heterocycles. The molecule has 0 radical (unpaired) electrons. The van der Waals surface area contributed by atoms with Crippen LogP contribution in [-0.4, -0.2) is 30.9 Å². The van der Waals surface area contributed by atoms with E-state index in [1.54, 1.807) is 24.3 Å². The van der Waals surface area contributed by atoms with Crippen molar-refractivity contribution < 1.29 is 19.4 Å². The third-order valence-corrected chi connectivity index (χ3v) is 3.24. The number of hydrogen-bond donors (Lipinski definition) is 1. The van der Waals surface area contributed by atoms with Crippen LogP contribution in [0.5, 0.6) is 5.75 Å². The molecule has 1 aromatic carbocycles. The summed E-state index contributed by atoms with van der Waals surface area (Å²) in [6.45, 7) is 2.40. The summed E-state index contributed by atoms with van der Waals surface area (Å²) in [5, 5.41) is 8.77. The second-order valence-electron chi connectivity index (χ2n) is 4.52. The van der Waals surface area contributed by atoms with Crippen molar-refractivity contribution in [3.63, 3.8) is 0 Å². The van der Waals surface area contributed by atoms with Crippen molar-refractivity contribution >= 4 is 5.97 Å². The predicted molar refractivity (Wildman–Crippen MR) is 67.1 cm³/mol. The maximum atomic E-state index is 10.7. The highest BCUT2D eigenvalue weighted by Gasteiger charge is 2.13. The molecule has 1 aliphatic rings. The van der Waals surface area contributed by atoms with Crippen molar-refractivity contribution in [1.82, 2.24) is 0 Å². The molecule has 18 heavy (non-hydrogen) atoms. The van der Waals surface area contributed by atoms with Crippen LogP contribution < -0.4 is 4.74 Å². The lowest BCUT2D eigenvalue weighted by atomic mass is 9.97. The van der Waals surface area contributed by atoms with Crippen LogP contribution in [0.25, 0.3) is 0 Å². The zero-order chi connectivity index (χ0) is 12.8. The van der Waals surface area contributed by atoms with Gasteiger partial charge in [0, 0.05) is 13.2 Å². The van der Waals surface area contributed by atoms with Gasteiger partial charge in [0.1, 0.15) is 5.75 Å². The first-order valence-corrected chi connectivity index (χ1v) is 6.29. The number of carbonyl (C=O) groups is 1. The standard InChI is InChI=1S/C14H18O4/c15-14(16)12-1-3-13(4-2-12)18-10-7-11-5-8-17-9-6-11/h1-4,11H,5-10H2,(H,15,16). The third-order valence-electron chi connectivity index (χ3n) is 3.24. The van der Waals surface area contributed by atoms with Gasteiger partial charge in [-0.15, -0.1) is 0 Å². The molecule has 4 heteroatoms. The predicted octanol–water partition coefficient (Wildman–Crippen LogP) is 2.58. The number of ether oxygens (including phenoxy) is 2. The van der Waals surface area contributed by atoms with E-state index < -0.39 is 5.97 Å². The number of carboxylic acids is 1. The van der Waals surface area contributed by atoms with Crippen molar-refractivity contribution in [3.8, 4) is 5.75 Å². The molecule has 0 saturated carbocycles. The molecule has 1 fully saturated rings. The van der Waals surface area contributed by atoms with Gasteiger partial charge >= 0.3 is 5.97 Å². The van der Waals surface area contributed by atoms with Crippen LogP contribution in [0.2, 0.25) is 0 Å². The van der Waals surface area contributed by atoms with Gasteiger partial charge < -0.3 is 14.6 Å². The Morgan fingerprint density at radius 3 is 2.56 bits per heavy atom. The molecule has 4 nitrogen and oxygen atoms in total. The zero-order valence-electron chi connectivity index (χ0n) is 10.3. The van der Waals surface area contributed by atoms with Gasteiger partial charge in [-0.25, -0.2) is 4.79 Å². The average molecular weight is 250 g/mol. The average Bonchev–Trinajstić information content (AvgIpc) is 2.40. The Morgan fingerprint density at radius 1 is 1.28 bits per heavy atom. The molecular weight excluding hydrogens is 232 g/mol. The van der Waals surface area contributed by atoms with Crippen LogP contribution in [0, 0.1) is 5.92 Å². The van der Waals surface area contributed by atoms with Crippen molar-refractivity contribution in [2.45, 2.75) is 19.3 Å². The van der Waals surface area contributed by atoms with Gasteiger partial charge in [0.2, 0.25) is 0 Å². The van der Waals surface area contributed by atoms with Crippen molar-refractivity contribution in [1.29, 1.82) is 0 Å². The maximum absolute atomic E-state index is 10.7. The molecule has 0 aliphatic carbocycles. The van der Waals surface area contributed by atoms with E-state index in [0.717, 1.165) is 38.2 Å². The lowest BCUT2D eigenvalue weighted by Gasteiger charge is -2.21. The highest BCUT2D eigenvalue weighted by molar-refractivity contribution is 5.87. The zero-order valence-corrected chi connectivity index (χ0v) is 10.3. The molecule has 1 N–H and O–H groups in total. The molecule has 0 unspecified atom stereocenters. The van der Waals surface area contributed by atoms with Crippen molar-refractivity contribution in [3.05, 3.63) is 29.8 Å². The molecule has 0 spiro atoms. The van der Waals surface area contributed by atoms with E-state index in [4.69, 9.17) is 14.6 Å². The summed E-state index contributed by atoms with van der Waals surface area (Å²) in [4.78, 5) is 10.7. The van der Waals surface area contributed by atoms with Gasteiger partial charge in [0.05, 0.1) is 12.2 Å². The fraction of sp³-hybridized carbons (Fsp3) is 0.500. The summed E-state index contributed by atoms with van der Waals surface area (Å²) < 4.78 is 10.9. The van der Waals surface area contributed by atoms with Crippen LogP contribution in [0.15, 0.2) is 24.3 Å². The quantitative estimate of drug-likeness (QED) is 0.872. The molecule has 0 atom stereocenters. The Bertz CT molecular complexity index is 379. The minimum atomic E-state index is -0.913. The molecule has 1 aliphatic heterocycles. The SMILES string of the molecule is O=C(O)c1ccc(OCCC2CCOCC2)cc1. The maximum Gasteiger partial charge on any atom is 0.335 e. The Hall–Kier alpha value is -1.55. The first kappa shape index (κ1) is 12.9. The number of aromatic carboxylic acids is 1. The summed E-state index contributed by atoms with van der Waals surface area (Å²) in [6, 6.07) is 6.53. The molecule has 0 aromatic heterocycles. The molecule has 2 rings (SSSR count). The fourth-order valence-corrected chi connectivity index (χ4v) is 2.07. The Balaban J connectivity index is 1.74.